The predicted molar refractivity (Wildman–Crippen MR) is 51.8 cm³/mol. The number of nitrogens with two attached hydrogens (primary N) is 2. The Kier molecular flexibility index (Phi) is 3.39. The Morgan fingerprint density at radius 2 is 2.15 bits per heavy atom. The molecule has 2 nitrogen and oxygen atoms in total. The molecule has 1 aromatic carbocycles. The molecule has 1 rings (SSSR count). The number of benzene rings is 1. The van der Waals surface area contributed by atoms with E-state index in [2.05, 4.69) is 0 Å². The van der Waals surface area contributed by atoms with Crippen molar-refractivity contribution < 1.29 is 4.39 Å². The third-order valence-corrected chi connectivity index (χ3v) is 2.14. The molecule has 0 spiro atoms. The molecule has 13 heavy (non-hydrogen) atoms. The maximum Gasteiger partial charge on any atom is 0.123 e. The van der Waals surface area contributed by atoms with Crippen LogP contribution in [-0.4, -0.2) is 6.54 Å². The van der Waals surface area contributed by atoms with Crippen LogP contribution in [0.25, 0.3) is 0 Å². The van der Waals surface area contributed by atoms with Gasteiger partial charge in [0.1, 0.15) is 5.82 Å². The molecular weight excluding hydrogens is 167 g/mol. The topological polar surface area (TPSA) is 52.0 Å². The van der Waals surface area contributed by atoms with Crippen LogP contribution in [0.15, 0.2) is 18.2 Å². The minimum absolute atomic E-state index is 0.254. The van der Waals surface area contributed by atoms with Gasteiger partial charge in [-0.3, -0.25) is 0 Å². The normalized spacial score (nSPS) is 12.9. The molecular formula is C10H15FN2. The summed E-state index contributed by atoms with van der Waals surface area (Å²) in [6.45, 7) is 2.36. The summed E-state index contributed by atoms with van der Waals surface area (Å²) in [5.41, 5.74) is 13.1. The van der Waals surface area contributed by atoms with Crippen molar-refractivity contribution in [2.75, 3.05) is 6.54 Å². The van der Waals surface area contributed by atoms with Crippen molar-refractivity contribution in [2.24, 2.45) is 11.5 Å². The van der Waals surface area contributed by atoms with E-state index in [1.165, 1.54) is 12.1 Å². The molecule has 0 saturated heterocycles. The van der Waals surface area contributed by atoms with Crippen LogP contribution in [0.2, 0.25) is 0 Å². The highest BCUT2D eigenvalue weighted by molar-refractivity contribution is 5.30. The number of rotatable bonds is 3. The second kappa shape index (κ2) is 4.35. The number of hydrogen-bond donors (Lipinski definition) is 2. The highest BCUT2D eigenvalue weighted by Crippen LogP contribution is 2.17. The number of hydrogen-bond acceptors (Lipinski definition) is 2. The van der Waals surface area contributed by atoms with Crippen molar-refractivity contribution in [1.82, 2.24) is 0 Å². The van der Waals surface area contributed by atoms with Gasteiger partial charge in [0.05, 0.1) is 0 Å². The first-order valence-corrected chi connectivity index (χ1v) is 4.43. The molecule has 0 heterocycles. The fourth-order valence-electron chi connectivity index (χ4n) is 1.36. The summed E-state index contributed by atoms with van der Waals surface area (Å²) in [6.07, 6.45) is 0.851. The fraction of sp³-hybridized carbons (Fsp3) is 0.400. The molecule has 0 bridgehead atoms. The summed E-state index contributed by atoms with van der Waals surface area (Å²) in [4.78, 5) is 0. The van der Waals surface area contributed by atoms with Gasteiger partial charge in [-0.15, -0.1) is 0 Å². The van der Waals surface area contributed by atoms with Gasteiger partial charge < -0.3 is 11.5 Å². The Balaban J connectivity index is 3.07. The van der Waals surface area contributed by atoms with Crippen LogP contribution in [0.5, 0.6) is 0 Å². The molecule has 0 amide bonds. The molecule has 0 aliphatic heterocycles. The Labute approximate surface area is 77.7 Å². The monoisotopic (exact) mass is 182 g/mol. The van der Waals surface area contributed by atoms with Gasteiger partial charge in [0.2, 0.25) is 0 Å². The minimum atomic E-state index is -0.259. The van der Waals surface area contributed by atoms with Gasteiger partial charge in [-0.25, -0.2) is 4.39 Å². The zero-order chi connectivity index (χ0) is 9.84. The third-order valence-electron chi connectivity index (χ3n) is 2.14. The maximum atomic E-state index is 12.9. The first kappa shape index (κ1) is 10.2. The first-order valence-electron chi connectivity index (χ1n) is 4.43. The van der Waals surface area contributed by atoms with Gasteiger partial charge in [-0.1, -0.05) is 13.0 Å². The first-order chi connectivity index (χ1) is 6.19. The molecule has 0 aromatic heterocycles. The minimum Gasteiger partial charge on any atom is -0.329 e. The van der Waals surface area contributed by atoms with Crippen molar-refractivity contribution in [3.63, 3.8) is 0 Å². The predicted octanol–water partition coefficient (Wildman–Crippen LogP) is 1.35. The SMILES string of the molecule is CCc1ccc(F)cc1C(N)CN. The summed E-state index contributed by atoms with van der Waals surface area (Å²) in [5, 5.41) is 0. The average Bonchev–Trinajstić information content (AvgIpc) is 2.16. The van der Waals surface area contributed by atoms with Crippen molar-refractivity contribution in [2.45, 2.75) is 19.4 Å². The number of halogens is 1. The van der Waals surface area contributed by atoms with Crippen LogP contribution < -0.4 is 11.5 Å². The Hall–Kier alpha value is -0.930. The molecule has 0 fully saturated rings. The van der Waals surface area contributed by atoms with Gasteiger partial charge in [0.25, 0.3) is 0 Å². The van der Waals surface area contributed by atoms with E-state index < -0.39 is 0 Å². The van der Waals surface area contributed by atoms with Gasteiger partial charge in [0.15, 0.2) is 0 Å². The molecule has 0 aliphatic rings. The highest BCUT2D eigenvalue weighted by Gasteiger charge is 2.09. The molecule has 0 saturated carbocycles. The van der Waals surface area contributed by atoms with E-state index in [1.54, 1.807) is 6.07 Å². The molecule has 4 N–H and O–H groups in total. The van der Waals surface area contributed by atoms with Crippen molar-refractivity contribution in [3.05, 3.63) is 35.1 Å². The third kappa shape index (κ3) is 2.26. The lowest BCUT2D eigenvalue weighted by molar-refractivity contribution is 0.617. The molecule has 0 radical (unpaired) electrons. The van der Waals surface area contributed by atoms with Crippen molar-refractivity contribution in [1.29, 1.82) is 0 Å². The Morgan fingerprint density at radius 1 is 1.46 bits per heavy atom. The van der Waals surface area contributed by atoms with Gasteiger partial charge >= 0.3 is 0 Å². The van der Waals surface area contributed by atoms with Crippen LogP contribution in [-0.2, 0) is 6.42 Å². The summed E-state index contributed by atoms with van der Waals surface area (Å²) >= 11 is 0. The smallest absolute Gasteiger partial charge is 0.123 e. The van der Waals surface area contributed by atoms with E-state index in [0.717, 1.165) is 17.5 Å². The zero-order valence-electron chi connectivity index (χ0n) is 7.76. The van der Waals surface area contributed by atoms with Crippen molar-refractivity contribution in [3.8, 4) is 0 Å². The highest BCUT2D eigenvalue weighted by atomic mass is 19.1. The lowest BCUT2D eigenvalue weighted by atomic mass is 9.99. The van der Waals surface area contributed by atoms with E-state index in [4.69, 9.17) is 11.5 Å². The van der Waals surface area contributed by atoms with Gasteiger partial charge in [0, 0.05) is 12.6 Å². The van der Waals surface area contributed by atoms with Crippen LogP contribution in [0.3, 0.4) is 0 Å². The van der Waals surface area contributed by atoms with E-state index in [0.29, 0.717) is 6.54 Å². The second-order valence-electron chi connectivity index (χ2n) is 3.04. The molecule has 0 aliphatic carbocycles. The van der Waals surface area contributed by atoms with Crippen LogP contribution >= 0.6 is 0 Å². The van der Waals surface area contributed by atoms with Crippen LogP contribution in [0.1, 0.15) is 24.1 Å². The second-order valence-corrected chi connectivity index (χ2v) is 3.04. The van der Waals surface area contributed by atoms with Gasteiger partial charge in [-0.2, -0.15) is 0 Å². The van der Waals surface area contributed by atoms with Crippen LogP contribution in [0.4, 0.5) is 4.39 Å². The van der Waals surface area contributed by atoms with E-state index in [9.17, 15) is 4.39 Å². The largest absolute Gasteiger partial charge is 0.329 e. The maximum absolute atomic E-state index is 12.9. The average molecular weight is 182 g/mol. The Morgan fingerprint density at radius 3 is 2.69 bits per heavy atom. The summed E-state index contributed by atoms with van der Waals surface area (Å²) in [6, 6.07) is 4.42. The lowest BCUT2D eigenvalue weighted by Gasteiger charge is -2.13. The fourth-order valence-corrected chi connectivity index (χ4v) is 1.36. The Bertz CT molecular complexity index is 286. The van der Waals surface area contributed by atoms with E-state index in [-0.39, 0.29) is 11.9 Å². The molecule has 72 valence electrons. The summed E-state index contributed by atoms with van der Waals surface area (Å²) < 4.78 is 12.9. The molecule has 1 unspecified atom stereocenters. The molecule has 3 heteroatoms. The standard InChI is InChI=1S/C10H15FN2/c1-2-7-3-4-8(11)5-9(7)10(13)6-12/h3-5,10H,2,6,12-13H2,1H3. The quantitative estimate of drug-likeness (QED) is 0.741. The molecule has 1 atom stereocenters. The summed E-state index contributed by atoms with van der Waals surface area (Å²) in [5.74, 6) is -0.254. The molecule has 1 aromatic rings. The zero-order valence-corrected chi connectivity index (χ0v) is 7.76. The van der Waals surface area contributed by atoms with Crippen molar-refractivity contribution >= 4 is 0 Å². The van der Waals surface area contributed by atoms with Crippen LogP contribution in [0, 0.1) is 5.82 Å². The number of aryl methyl sites for hydroxylation is 1. The van der Waals surface area contributed by atoms with Gasteiger partial charge in [-0.05, 0) is 29.7 Å². The van der Waals surface area contributed by atoms with E-state index >= 15 is 0 Å². The lowest BCUT2D eigenvalue weighted by Crippen LogP contribution is -2.22. The van der Waals surface area contributed by atoms with E-state index in [1.807, 2.05) is 6.92 Å². The summed E-state index contributed by atoms with van der Waals surface area (Å²) in [7, 11) is 0.